The van der Waals surface area contributed by atoms with E-state index in [1.807, 2.05) is 36.4 Å². The van der Waals surface area contributed by atoms with Gasteiger partial charge in [-0.15, -0.1) is 0 Å². The highest BCUT2D eigenvalue weighted by molar-refractivity contribution is 5.94. The second-order valence-corrected chi connectivity index (χ2v) is 4.90. The molecule has 0 aliphatic carbocycles. The topological polar surface area (TPSA) is 56.8 Å². The number of hydrogen-bond donors (Lipinski definition) is 1. The molecule has 1 N–H and O–H groups in total. The zero-order valence-corrected chi connectivity index (χ0v) is 13.5. The molecule has 1 amide bonds. The van der Waals surface area contributed by atoms with Crippen molar-refractivity contribution >= 4 is 5.91 Å². The summed E-state index contributed by atoms with van der Waals surface area (Å²) in [4.78, 5) is 12.4. The average molecular weight is 315 g/mol. The molecule has 2 rings (SSSR count). The SMILES string of the molecule is COC(NC(=O)c1ccccc1)C(OC)(OC)c1ccccc1. The predicted molar refractivity (Wildman–Crippen MR) is 86.8 cm³/mol. The van der Waals surface area contributed by atoms with E-state index < -0.39 is 12.0 Å². The fourth-order valence-electron chi connectivity index (χ4n) is 2.46. The molecule has 23 heavy (non-hydrogen) atoms. The normalized spacial score (nSPS) is 12.7. The van der Waals surface area contributed by atoms with Crippen LogP contribution >= 0.6 is 0 Å². The van der Waals surface area contributed by atoms with E-state index in [-0.39, 0.29) is 5.91 Å². The van der Waals surface area contributed by atoms with Gasteiger partial charge < -0.3 is 19.5 Å². The highest BCUT2D eigenvalue weighted by atomic mass is 16.7. The van der Waals surface area contributed by atoms with Gasteiger partial charge in [0.25, 0.3) is 5.91 Å². The minimum absolute atomic E-state index is 0.271. The zero-order valence-electron chi connectivity index (χ0n) is 13.5. The monoisotopic (exact) mass is 315 g/mol. The minimum Gasteiger partial charge on any atom is -0.356 e. The molecular weight excluding hydrogens is 294 g/mol. The first kappa shape index (κ1) is 17.1. The molecule has 2 aromatic carbocycles. The van der Waals surface area contributed by atoms with Crippen molar-refractivity contribution in [1.82, 2.24) is 5.32 Å². The van der Waals surface area contributed by atoms with Crippen molar-refractivity contribution in [1.29, 1.82) is 0 Å². The van der Waals surface area contributed by atoms with Crippen LogP contribution < -0.4 is 5.32 Å². The van der Waals surface area contributed by atoms with Crippen molar-refractivity contribution in [2.75, 3.05) is 21.3 Å². The predicted octanol–water partition coefficient (Wildman–Crippen LogP) is 2.53. The van der Waals surface area contributed by atoms with Crippen LogP contribution in [0.15, 0.2) is 60.7 Å². The smallest absolute Gasteiger partial charge is 0.253 e. The Labute approximate surface area is 136 Å². The van der Waals surface area contributed by atoms with Crippen LogP contribution in [0.25, 0.3) is 0 Å². The first-order chi connectivity index (χ1) is 11.2. The van der Waals surface area contributed by atoms with Gasteiger partial charge in [-0.05, 0) is 12.1 Å². The summed E-state index contributed by atoms with van der Waals surface area (Å²) in [6.07, 6.45) is -0.826. The third kappa shape index (κ3) is 3.59. The minimum atomic E-state index is -1.25. The summed E-state index contributed by atoms with van der Waals surface area (Å²) in [5.74, 6) is -1.52. The summed E-state index contributed by atoms with van der Waals surface area (Å²) in [5, 5.41) is 2.81. The van der Waals surface area contributed by atoms with Crippen LogP contribution in [0.3, 0.4) is 0 Å². The van der Waals surface area contributed by atoms with Crippen LogP contribution in [-0.2, 0) is 20.0 Å². The Balaban J connectivity index is 2.31. The Morgan fingerprint density at radius 1 is 0.913 bits per heavy atom. The van der Waals surface area contributed by atoms with Crippen molar-refractivity contribution in [3.63, 3.8) is 0 Å². The first-order valence-electron chi connectivity index (χ1n) is 7.22. The number of carbonyl (C=O) groups is 1. The summed E-state index contributed by atoms with van der Waals surface area (Å²) < 4.78 is 16.7. The lowest BCUT2D eigenvalue weighted by Crippen LogP contribution is -2.54. The van der Waals surface area contributed by atoms with Gasteiger partial charge in [0.2, 0.25) is 5.79 Å². The first-order valence-corrected chi connectivity index (χ1v) is 7.22. The number of carbonyl (C=O) groups excluding carboxylic acids is 1. The van der Waals surface area contributed by atoms with Crippen LogP contribution in [0, 0.1) is 0 Å². The van der Waals surface area contributed by atoms with E-state index in [1.165, 1.54) is 21.3 Å². The molecule has 0 heterocycles. The van der Waals surface area contributed by atoms with Crippen molar-refractivity contribution in [3.8, 4) is 0 Å². The van der Waals surface area contributed by atoms with E-state index in [4.69, 9.17) is 14.2 Å². The standard InChI is InChI=1S/C18H21NO4/c1-21-17(19-16(20)14-10-6-4-7-11-14)18(22-2,23-3)15-12-8-5-9-13-15/h4-13,17H,1-3H3,(H,19,20). The quantitative estimate of drug-likeness (QED) is 0.798. The summed E-state index contributed by atoms with van der Waals surface area (Å²) in [6, 6.07) is 18.2. The summed E-state index contributed by atoms with van der Waals surface area (Å²) in [6.45, 7) is 0. The van der Waals surface area contributed by atoms with Crippen LogP contribution in [0.4, 0.5) is 0 Å². The van der Waals surface area contributed by atoms with Crippen LogP contribution in [0.1, 0.15) is 15.9 Å². The van der Waals surface area contributed by atoms with Gasteiger partial charge >= 0.3 is 0 Å². The van der Waals surface area contributed by atoms with Crippen molar-refractivity contribution in [2.45, 2.75) is 12.0 Å². The van der Waals surface area contributed by atoms with Gasteiger partial charge in [-0.1, -0.05) is 48.5 Å². The molecule has 0 saturated carbocycles. The number of rotatable bonds is 7. The van der Waals surface area contributed by atoms with Crippen molar-refractivity contribution in [2.24, 2.45) is 0 Å². The van der Waals surface area contributed by atoms with Crippen LogP contribution in [-0.4, -0.2) is 33.5 Å². The van der Waals surface area contributed by atoms with E-state index in [9.17, 15) is 4.79 Å². The maximum atomic E-state index is 12.4. The van der Waals surface area contributed by atoms with Gasteiger partial charge in [0.1, 0.15) is 0 Å². The summed E-state index contributed by atoms with van der Waals surface area (Å²) in [7, 11) is 4.51. The molecule has 0 aliphatic heterocycles. The number of benzene rings is 2. The number of amides is 1. The van der Waals surface area contributed by atoms with Crippen molar-refractivity contribution in [3.05, 3.63) is 71.8 Å². The van der Waals surface area contributed by atoms with Gasteiger partial charge in [0, 0.05) is 32.5 Å². The Hall–Kier alpha value is -2.21. The zero-order chi connectivity index (χ0) is 16.7. The number of hydrogen-bond acceptors (Lipinski definition) is 4. The fraction of sp³-hybridized carbons (Fsp3) is 0.278. The maximum Gasteiger partial charge on any atom is 0.253 e. The third-order valence-electron chi connectivity index (χ3n) is 3.66. The number of nitrogens with one attached hydrogen (secondary N) is 1. The molecule has 122 valence electrons. The molecule has 0 radical (unpaired) electrons. The molecular formula is C18H21NO4. The molecule has 1 unspecified atom stereocenters. The van der Waals surface area contributed by atoms with E-state index in [0.717, 1.165) is 5.56 Å². The van der Waals surface area contributed by atoms with E-state index >= 15 is 0 Å². The Morgan fingerprint density at radius 2 is 1.43 bits per heavy atom. The summed E-state index contributed by atoms with van der Waals surface area (Å²) in [5.41, 5.74) is 1.27. The van der Waals surface area contributed by atoms with E-state index in [2.05, 4.69) is 5.32 Å². The van der Waals surface area contributed by atoms with Gasteiger partial charge in [-0.2, -0.15) is 0 Å². The molecule has 0 aliphatic rings. The maximum absolute atomic E-state index is 12.4. The Bertz CT molecular complexity index is 611. The third-order valence-corrected chi connectivity index (χ3v) is 3.66. The second kappa shape index (κ2) is 7.87. The molecule has 0 aromatic heterocycles. The molecule has 1 atom stereocenters. The van der Waals surface area contributed by atoms with E-state index in [1.54, 1.807) is 24.3 Å². The molecule has 0 saturated heterocycles. The van der Waals surface area contributed by atoms with Gasteiger partial charge in [0.05, 0.1) is 0 Å². The molecule has 0 spiro atoms. The molecule has 0 bridgehead atoms. The summed E-state index contributed by atoms with van der Waals surface area (Å²) >= 11 is 0. The lowest BCUT2D eigenvalue weighted by Gasteiger charge is -2.37. The largest absolute Gasteiger partial charge is 0.356 e. The fourth-order valence-corrected chi connectivity index (χ4v) is 2.46. The Morgan fingerprint density at radius 3 is 1.91 bits per heavy atom. The molecule has 5 heteroatoms. The highest BCUT2D eigenvalue weighted by Gasteiger charge is 2.43. The molecule has 2 aromatic rings. The number of methoxy groups -OCH3 is 3. The van der Waals surface area contributed by atoms with Crippen LogP contribution in [0.2, 0.25) is 0 Å². The lowest BCUT2D eigenvalue weighted by atomic mass is 10.0. The molecule has 0 fully saturated rings. The lowest BCUT2D eigenvalue weighted by molar-refractivity contribution is -0.279. The second-order valence-electron chi connectivity index (χ2n) is 4.90. The highest BCUT2D eigenvalue weighted by Crippen LogP contribution is 2.30. The molecule has 5 nitrogen and oxygen atoms in total. The Kier molecular flexibility index (Phi) is 5.87. The van der Waals surface area contributed by atoms with Crippen molar-refractivity contribution < 1.29 is 19.0 Å². The van der Waals surface area contributed by atoms with Gasteiger partial charge in [-0.3, -0.25) is 4.79 Å². The van der Waals surface area contributed by atoms with Gasteiger partial charge in [0.15, 0.2) is 6.23 Å². The van der Waals surface area contributed by atoms with Crippen LogP contribution in [0.5, 0.6) is 0 Å². The van der Waals surface area contributed by atoms with E-state index in [0.29, 0.717) is 5.56 Å². The average Bonchev–Trinajstić information content (AvgIpc) is 2.63. The van der Waals surface area contributed by atoms with Gasteiger partial charge in [-0.25, -0.2) is 0 Å². The number of ether oxygens (including phenoxy) is 3.